The van der Waals surface area contributed by atoms with Gasteiger partial charge in [-0.05, 0) is 23.7 Å². The van der Waals surface area contributed by atoms with E-state index in [9.17, 15) is 4.39 Å². The molecular weight excluding hydrogens is 284 g/mol. The van der Waals surface area contributed by atoms with Gasteiger partial charge in [-0.3, -0.25) is 0 Å². The van der Waals surface area contributed by atoms with E-state index in [-0.39, 0.29) is 28.1 Å². The summed E-state index contributed by atoms with van der Waals surface area (Å²) < 4.78 is 23.0. The third-order valence-corrected chi connectivity index (χ3v) is 2.31. The second-order valence-electron chi connectivity index (χ2n) is 3.05. The summed E-state index contributed by atoms with van der Waals surface area (Å²) in [5, 5.41) is -0.148. The Hall–Kier alpha value is -1.66. The van der Waals surface area contributed by atoms with Crippen molar-refractivity contribution >= 4 is 23.2 Å². The Kier molecular flexibility index (Phi) is 3.78. The summed E-state index contributed by atoms with van der Waals surface area (Å²) in [5.41, 5.74) is 0. The number of aromatic nitrogens is 3. The van der Waals surface area contributed by atoms with E-state index in [1.165, 1.54) is 19.2 Å². The summed E-state index contributed by atoms with van der Waals surface area (Å²) in [6.07, 6.45) is 0. The highest BCUT2D eigenvalue weighted by Crippen LogP contribution is 2.25. The van der Waals surface area contributed by atoms with E-state index in [2.05, 4.69) is 15.0 Å². The first-order chi connectivity index (χ1) is 8.58. The molecule has 1 aromatic heterocycles. The van der Waals surface area contributed by atoms with Crippen molar-refractivity contribution in [2.24, 2.45) is 0 Å². The van der Waals surface area contributed by atoms with Crippen molar-refractivity contribution in [2.45, 2.75) is 0 Å². The quantitative estimate of drug-likeness (QED) is 0.869. The molecule has 0 spiro atoms. The lowest BCUT2D eigenvalue weighted by Crippen LogP contribution is -1.98. The van der Waals surface area contributed by atoms with Crippen LogP contribution in [0.4, 0.5) is 4.39 Å². The summed E-state index contributed by atoms with van der Waals surface area (Å²) in [6, 6.07) is 3.78. The van der Waals surface area contributed by atoms with Crippen LogP contribution in [0, 0.1) is 5.82 Å². The zero-order valence-corrected chi connectivity index (χ0v) is 10.5. The molecule has 2 aromatic rings. The molecule has 94 valence electrons. The predicted octanol–water partition coefficient (Wildman–Crippen LogP) is 3.12. The Labute approximate surface area is 112 Å². The van der Waals surface area contributed by atoms with Crippen LogP contribution in [0.5, 0.6) is 17.8 Å². The summed E-state index contributed by atoms with van der Waals surface area (Å²) >= 11 is 11.3. The van der Waals surface area contributed by atoms with Crippen molar-refractivity contribution in [1.29, 1.82) is 0 Å². The SMILES string of the molecule is COc1nc(Cl)nc(Oc2ccc(F)c(Cl)c2)n1. The van der Waals surface area contributed by atoms with Gasteiger partial charge in [-0.2, -0.15) is 9.97 Å². The van der Waals surface area contributed by atoms with E-state index >= 15 is 0 Å². The monoisotopic (exact) mass is 289 g/mol. The van der Waals surface area contributed by atoms with Crippen molar-refractivity contribution in [3.63, 3.8) is 0 Å². The Balaban J connectivity index is 2.27. The fourth-order valence-electron chi connectivity index (χ4n) is 1.10. The average molecular weight is 290 g/mol. The van der Waals surface area contributed by atoms with Gasteiger partial charge >= 0.3 is 12.0 Å². The second kappa shape index (κ2) is 5.32. The van der Waals surface area contributed by atoms with E-state index < -0.39 is 5.82 Å². The number of nitrogens with zero attached hydrogens (tertiary/aromatic N) is 3. The van der Waals surface area contributed by atoms with Crippen molar-refractivity contribution in [3.8, 4) is 17.8 Å². The molecule has 0 saturated heterocycles. The van der Waals surface area contributed by atoms with Crippen LogP contribution in [0.15, 0.2) is 18.2 Å². The molecule has 5 nitrogen and oxygen atoms in total. The van der Waals surface area contributed by atoms with Crippen LogP contribution in [-0.4, -0.2) is 22.1 Å². The molecule has 1 aromatic carbocycles. The minimum absolute atomic E-state index is 0.0122. The predicted molar refractivity (Wildman–Crippen MR) is 62.9 cm³/mol. The Morgan fingerprint density at radius 2 is 1.83 bits per heavy atom. The van der Waals surface area contributed by atoms with Crippen LogP contribution in [0.2, 0.25) is 10.3 Å². The largest absolute Gasteiger partial charge is 0.467 e. The molecule has 1 heterocycles. The van der Waals surface area contributed by atoms with Crippen LogP contribution in [0.3, 0.4) is 0 Å². The zero-order chi connectivity index (χ0) is 13.1. The van der Waals surface area contributed by atoms with Gasteiger partial charge in [-0.1, -0.05) is 11.6 Å². The lowest BCUT2D eigenvalue weighted by molar-refractivity contribution is 0.359. The highest BCUT2D eigenvalue weighted by molar-refractivity contribution is 6.30. The fraction of sp³-hybridized carbons (Fsp3) is 0.100. The molecule has 0 saturated carbocycles. The second-order valence-corrected chi connectivity index (χ2v) is 3.80. The molecule has 0 aliphatic rings. The van der Waals surface area contributed by atoms with Crippen LogP contribution in [-0.2, 0) is 0 Å². The molecule has 0 atom stereocenters. The fourth-order valence-corrected chi connectivity index (χ4v) is 1.41. The van der Waals surface area contributed by atoms with Crippen molar-refractivity contribution in [2.75, 3.05) is 7.11 Å². The first-order valence-corrected chi connectivity index (χ1v) is 5.42. The van der Waals surface area contributed by atoms with E-state index in [0.29, 0.717) is 0 Å². The lowest BCUT2D eigenvalue weighted by atomic mass is 10.3. The first kappa shape index (κ1) is 12.8. The van der Waals surface area contributed by atoms with Crippen molar-refractivity contribution in [1.82, 2.24) is 15.0 Å². The Morgan fingerprint density at radius 1 is 1.11 bits per heavy atom. The highest BCUT2D eigenvalue weighted by Gasteiger charge is 2.08. The molecule has 0 radical (unpaired) electrons. The molecule has 0 amide bonds. The normalized spacial score (nSPS) is 10.2. The minimum atomic E-state index is -0.546. The first-order valence-electron chi connectivity index (χ1n) is 4.67. The zero-order valence-electron chi connectivity index (χ0n) is 9.02. The molecular formula is C10H6Cl2FN3O2. The summed E-state index contributed by atoms with van der Waals surface area (Å²) in [6.45, 7) is 0. The maximum atomic E-state index is 13.0. The number of halogens is 3. The van der Waals surface area contributed by atoms with Gasteiger partial charge in [0.1, 0.15) is 11.6 Å². The van der Waals surface area contributed by atoms with Gasteiger partial charge in [-0.15, -0.1) is 4.98 Å². The van der Waals surface area contributed by atoms with Crippen LogP contribution < -0.4 is 9.47 Å². The topological polar surface area (TPSA) is 57.1 Å². The van der Waals surface area contributed by atoms with Gasteiger partial charge in [0.2, 0.25) is 5.28 Å². The van der Waals surface area contributed by atoms with Crippen LogP contribution in [0.25, 0.3) is 0 Å². The van der Waals surface area contributed by atoms with Crippen molar-refractivity contribution < 1.29 is 13.9 Å². The maximum Gasteiger partial charge on any atom is 0.329 e. The Bertz CT molecular complexity index is 583. The molecule has 0 fully saturated rings. The average Bonchev–Trinajstić information content (AvgIpc) is 2.33. The number of hydrogen-bond acceptors (Lipinski definition) is 5. The van der Waals surface area contributed by atoms with Gasteiger partial charge < -0.3 is 9.47 Å². The van der Waals surface area contributed by atoms with E-state index in [1.807, 2.05) is 0 Å². The molecule has 0 unspecified atom stereocenters. The van der Waals surface area contributed by atoms with E-state index in [0.717, 1.165) is 6.07 Å². The van der Waals surface area contributed by atoms with Gasteiger partial charge in [0.25, 0.3) is 0 Å². The standard InChI is InChI=1S/C10H6Cl2FN3O2/c1-17-9-14-8(12)15-10(16-9)18-5-2-3-7(13)6(11)4-5/h2-4H,1H3. The van der Waals surface area contributed by atoms with E-state index in [4.69, 9.17) is 32.7 Å². The number of benzene rings is 1. The maximum absolute atomic E-state index is 13.0. The van der Waals surface area contributed by atoms with Crippen molar-refractivity contribution in [3.05, 3.63) is 34.3 Å². The molecule has 2 rings (SSSR count). The van der Waals surface area contributed by atoms with Crippen LogP contribution in [0.1, 0.15) is 0 Å². The summed E-state index contributed by atoms with van der Waals surface area (Å²) in [5.74, 6) is -0.277. The third kappa shape index (κ3) is 2.96. The minimum Gasteiger partial charge on any atom is -0.467 e. The lowest BCUT2D eigenvalue weighted by Gasteiger charge is -2.05. The number of hydrogen-bond donors (Lipinski definition) is 0. The summed E-state index contributed by atoms with van der Waals surface area (Å²) in [4.78, 5) is 11.2. The number of methoxy groups -OCH3 is 1. The van der Waals surface area contributed by atoms with Gasteiger partial charge in [0, 0.05) is 6.07 Å². The summed E-state index contributed by atoms with van der Waals surface area (Å²) in [7, 11) is 1.38. The van der Waals surface area contributed by atoms with Gasteiger partial charge in [0.05, 0.1) is 12.1 Å². The molecule has 0 aliphatic carbocycles. The van der Waals surface area contributed by atoms with Crippen LogP contribution >= 0.6 is 23.2 Å². The van der Waals surface area contributed by atoms with E-state index in [1.54, 1.807) is 0 Å². The molecule has 18 heavy (non-hydrogen) atoms. The highest BCUT2D eigenvalue weighted by atomic mass is 35.5. The smallest absolute Gasteiger partial charge is 0.329 e. The molecule has 8 heteroatoms. The molecule has 0 bridgehead atoms. The number of ether oxygens (including phenoxy) is 2. The molecule has 0 N–H and O–H groups in total. The number of rotatable bonds is 3. The Morgan fingerprint density at radius 3 is 2.50 bits per heavy atom. The third-order valence-electron chi connectivity index (χ3n) is 1.85. The molecule has 0 aliphatic heterocycles. The van der Waals surface area contributed by atoms with Gasteiger partial charge in [-0.25, -0.2) is 4.39 Å². The van der Waals surface area contributed by atoms with Gasteiger partial charge in [0.15, 0.2) is 0 Å².